The van der Waals surface area contributed by atoms with Gasteiger partial charge < -0.3 is 9.47 Å². The molecule has 1 aliphatic heterocycles. The van der Waals surface area contributed by atoms with Crippen molar-refractivity contribution in [2.45, 2.75) is 37.4 Å². The van der Waals surface area contributed by atoms with Gasteiger partial charge in [-0.05, 0) is 25.3 Å². The average molecular weight is 414 g/mol. The zero-order chi connectivity index (χ0) is 19.3. The van der Waals surface area contributed by atoms with Crippen LogP contribution < -0.4 is 0 Å². The molecular formula is C20H23N5OS2. The maximum Gasteiger partial charge on any atom is 0.233 e. The van der Waals surface area contributed by atoms with Crippen molar-refractivity contribution in [2.75, 3.05) is 18.8 Å². The van der Waals surface area contributed by atoms with E-state index in [-0.39, 0.29) is 5.91 Å². The van der Waals surface area contributed by atoms with Crippen molar-refractivity contribution in [3.63, 3.8) is 0 Å². The molecule has 0 spiro atoms. The largest absolute Gasteiger partial charge is 0.341 e. The van der Waals surface area contributed by atoms with Gasteiger partial charge >= 0.3 is 0 Å². The van der Waals surface area contributed by atoms with Gasteiger partial charge in [-0.2, -0.15) is 0 Å². The van der Waals surface area contributed by atoms with Crippen LogP contribution in [0.15, 0.2) is 47.1 Å². The summed E-state index contributed by atoms with van der Waals surface area (Å²) in [7, 11) is 0. The highest BCUT2D eigenvalue weighted by Gasteiger charge is 2.26. The molecule has 1 amide bonds. The third kappa shape index (κ3) is 4.44. The average Bonchev–Trinajstić information content (AvgIpc) is 3.38. The zero-order valence-corrected chi connectivity index (χ0v) is 17.5. The van der Waals surface area contributed by atoms with Crippen molar-refractivity contribution in [1.29, 1.82) is 0 Å². The van der Waals surface area contributed by atoms with E-state index in [2.05, 4.69) is 31.9 Å². The normalized spacial score (nSPS) is 17.0. The predicted octanol–water partition coefficient (Wildman–Crippen LogP) is 3.59. The molecule has 1 saturated heterocycles. The predicted molar refractivity (Wildman–Crippen MR) is 112 cm³/mol. The maximum atomic E-state index is 12.8. The van der Waals surface area contributed by atoms with Crippen LogP contribution in [-0.2, 0) is 11.3 Å². The number of nitrogens with zero attached hydrogens (tertiary/aromatic N) is 5. The van der Waals surface area contributed by atoms with Crippen LogP contribution >= 0.6 is 23.1 Å². The van der Waals surface area contributed by atoms with Crippen LogP contribution in [0.25, 0.3) is 0 Å². The number of hydrogen-bond acceptors (Lipinski definition) is 6. The van der Waals surface area contributed by atoms with E-state index in [0.717, 1.165) is 41.9 Å². The fourth-order valence-electron chi connectivity index (χ4n) is 3.48. The van der Waals surface area contributed by atoms with Gasteiger partial charge in [0.2, 0.25) is 5.91 Å². The summed E-state index contributed by atoms with van der Waals surface area (Å²) in [5.74, 6) is 1.78. The minimum atomic E-state index is 0.165. The van der Waals surface area contributed by atoms with E-state index in [1.165, 1.54) is 17.3 Å². The Hall–Kier alpha value is -2.19. The lowest BCUT2D eigenvalue weighted by Crippen LogP contribution is -2.40. The molecule has 1 fully saturated rings. The Labute approximate surface area is 173 Å². The van der Waals surface area contributed by atoms with Crippen LogP contribution in [-0.4, -0.2) is 49.4 Å². The van der Waals surface area contributed by atoms with Gasteiger partial charge in [-0.25, -0.2) is 4.98 Å². The molecule has 6 nitrogen and oxygen atoms in total. The minimum absolute atomic E-state index is 0.165. The first-order valence-electron chi connectivity index (χ1n) is 9.44. The Balaban J connectivity index is 1.37. The number of rotatable bonds is 6. The smallest absolute Gasteiger partial charge is 0.233 e. The monoisotopic (exact) mass is 413 g/mol. The molecule has 2 aromatic heterocycles. The van der Waals surface area contributed by atoms with Crippen LogP contribution in [0.2, 0.25) is 0 Å². The number of carbonyl (C=O) groups excluding carboxylic acids is 1. The van der Waals surface area contributed by atoms with E-state index in [0.29, 0.717) is 18.2 Å². The minimum Gasteiger partial charge on any atom is -0.341 e. The fourth-order valence-corrected chi connectivity index (χ4v) is 5.13. The molecule has 4 rings (SSSR count). The first kappa shape index (κ1) is 19.1. The number of aryl methyl sites for hydroxylation is 1. The number of likely N-dealkylation sites (tertiary alicyclic amines) is 1. The number of thioether (sulfide) groups is 1. The highest BCUT2D eigenvalue weighted by atomic mass is 32.2. The number of hydrogen-bond donors (Lipinski definition) is 0. The molecule has 1 aliphatic rings. The third-order valence-corrected chi connectivity index (χ3v) is 6.87. The lowest BCUT2D eigenvalue weighted by atomic mass is 9.99. The zero-order valence-electron chi connectivity index (χ0n) is 15.8. The molecule has 28 heavy (non-hydrogen) atoms. The summed E-state index contributed by atoms with van der Waals surface area (Å²) in [5, 5.41) is 12.4. The van der Waals surface area contributed by atoms with E-state index in [1.807, 2.05) is 41.6 Å². The number of amides is 1. The third-order valence-electron chi connectivity index (χ3n) is 4.98. The van der Waals surface area contributed by atoms with Gasteiger partial charge in [-0.3, -0.25) is 4.79 Å². The van der Waals surface area contributed by atoms with Gasteiger partial charge in [0.15, 0.2) is 5.16 Å². The summed E-state index contributed by atoms with van der Waals surface area (Å²) in [6, 6.07) is 10.2. The Morgan fingerprint density at radius 2 is 2.14 bits per heavy atom. The van der Waals surface area contributed by atoms with Gasteiger partial charge in [0.1, 0.15) is 5.82 Å². The van der Waals surface area contributed by atoms with Crippen molar-refractivity contribution in [3.8, 4) is 0 Å². The number of aromatic nitrogens is 4. The van der Waals surface area contributed by atoms with Gasteiger partial charge in [-0.15, -0.1) is 21.5 Å². The van der Waals surface area contributed by atoms with Crippen molar-refractivity contribution in [1.82, 2.24) is 24.6 Å². The summed E-state index contributed by atoms with van der Waals surface area (Å²) in [5.41, 5.74) is 1.20. The van der Waals surface area contributed by atoms with E-state index in [9.17, 15) is 4.79 Å². The Morgan fingerprint density at radius 1 is 1.29 bits per heavy atom. The summed E-state index contributed by atoms with van der Waals surface area (Å²) >= 11 is 3.16. The second-order valence-electron chi connectivity index (χ2n) is 6.94. The van der Waals surface area contributed by atoms with Crippen LogP contribution in [0.5, 0.6) is 0 Å². The van der Waals surface area contributed by atoms with Gasteiger partial charge in [0, 0.05) is 30.6 Å². The molecule has 0 saturated carbocycles. The molecule has 1 aromatic carbocycles. The van der Waals surface area contributed by atoms with E-state index in [4.69, 9.17) is 0 Å². The van der Waals surface area contributed by atoms with Crippen LogP contribution in [0, 0.1) is 6.92 Å². The van der Waals surface area contributed by atoms with Crippen LogP contribution in [0.3, 0.4) is 0 Å². The SMILES string of the molecule is Cc1nnc(SCC(=O)N2CCCC(c3nccs3)C2)n1Cc1ccccc1. The van der Waals surface area contributed by atoms with Gasteiger partial charge in [0.25, 0.3) is 0 Å². The van der Waals surface area contributed by atoms with Crippen molar-refractivity contribution in [3.05, 3.63) is 58.3 Å². The molecule has 3 aromatic rings. The lowest BCUT2D eigenvalue weighted by molar-refractivity contribution is -0.129. The number of thiazole rings is 1. The Bertz CT molecular complexity index is 910. The highest BCUT2D eigenvalue weighted by Crippen LogP contribution is 2.29. The summed E-state index contributed by atoms with van der Waals surface area (Å²) in [4.78, 5) is 19.2. The van der Waals surface area contributed by atoms with Crippen molar-refractivity contribution >= 4 is 29.0 Å². The molecule has 1 unspecified atom stereocenters. The first-order chi connectivity index (χ1) is 13.7. The van der Waals surface area contributed by atoms with E-state index in [1.54, 1.807) is 11.3 Å². The standard InChI is InChI=1S/C20H23N5OS2/c1-15-22-23-20(25(15)12-16-6-3-2-4-7-16)28-14-18(26)24-10-5-8-17(13-24)19-21-9-11-27-19/h2-4,6-7,9,11,17H,5,8,10,12-14H2,1H3. The number of benzene rings is 1. The molecule has 0 aliphatic carbocycles. The molecule has 0 bridgehead atoms. The molecule has 0 radical (unpaired) electrons. The topological polar surface area (TPSA) is 63.9 Å². The summed E-state index contributed by atoms with van der Waals surface area (Å²) in [6.45, 7) is 4.26. The molecule has 3 heterocycles. The number of carbonyl (C=O) groups is 1. The molecular weight excluding hydrogens is 390 g/mol. The van der Waals surface area contributed by atoms with Crippen molar-refractivity contribution in [2.24, 2.45) is 0 Å². The highest BCUT2D eigenvalue weighted by molar-refractivity contribution is 7.99. The quantitative estimate of drug-likeness (QED) is 0.578. The Kier molecular flexibility index (Phi) is 6.07. The fraction of sp³-hybridized carbons (Fsp3) is 0.400. The van der Waals surface area contributed by atoms with Gasteiger partial charge in [0.05, 0.1) is 17.3 Å². The number of piperidine rings is 1. The van der Waals surface area contributed by atoms with Crippen LogP contribution in [0.1, 0.15) is 35.2 Å². The Morgan fingerprint density at radius 3 is 2.93 bits per heavy atom. The second-order valence-corrected chi connectivity index (χ2v) is 8.81. The maximum absolute atomic E-state index is 12.8. The lowest BCUT2D eigenvalue weighted by Gasteiger charge is -2.31. The second kappa shape index (κ2) is 8.87. The molecule has 146 valence electrons. The van der Waals surface area contributed by atoms with Gasteiger partial charge in [-0.1, -0.05) is 42.1 Å². The van der Waals surface area contributed by atoms with Crippen molar-refractivity contribution < 1.29 is 4.79 Å². The first-order valence-corrected chi connectivity index (χ1v) is 11.3. The summed E-state index contributed by atoms with van der Waals surface area (Å²) in [6.07, 6.45) is 3.98. The van der Waals surface area contributed by atoms with E-state index < -0.39 is 0 Å². The molecule has 1 atom stereocenters. The molecule has 8 heteroatoms. The molecule has 0 N–H and O–H groups in total. The van der Waals surface area contributed by atoms with Crippen LogP contribution in [0.4, 0.5) is 0 Å². The van der Waals surface area contributed by atoms with E-state index >= 15 is 0 Å². The summed E-state index contributed by atoms with van der Waals surface area (Å²) < 4.78 is 2.07.